The maximum atomic E-state index is 11.4. The number of methoxy groups -OCH3 is 1. The van der Waals surface area contributed by atoms with Gasteiger partial charge in [-0.25, -0.2) is 4.79 Å². The number of esters is 1. The second-order valence-electron chi connectivity index (χ2n) is 3.80. The summed E-state index contributed by atoms with van der Waals surface area (Å²) in [5.41, 5.74) is 6.69. The molecule has 2 N–H and O–H groups in total. The largest absolute Gasteiger partial charge is 0.465 e. The average molecular weight is 385 g/mol. The number of ether oxygens (including phenoxy) is 1. The first-order chi connectivity index (χ1) is 9.10. The van der Waals surface area contributed by atoms with Crippen LogP contribution in [-0.4, -0.2) is 13.1 Å². The maximum Gasteiger partial charge on any atom is 0.339 e. The normalized spacial score (nSPS) is 10.2. The van der Waals surface area contributed by atoms with Crippen LogP contribution in [0.5, 0.6) is 0 Å². The van der Waals surface area contributed by atoms with Crippen LogP contribution in [0.3, 0.4) is 0 Å². The Morgan fingerprint density at radius 2 is 1.79 bits per heavy atom. The molecule has 0 aliphatic rings. The van der Waals surface area contributed by atoms with Crippen LogP contribution in [-0.2, 0) is 4.74 Å². The highest BCUT2D eigenvalue weighted by molar-refractivity contribution is 14.1. The van der Waals surface area contributed by atoms with Gasteiger partial charge in [-0.2, -0.15) is 0 Å². The van der Waals surface area contributed by atoms with Gasteiger partial charge in [-0.05, 0) is 65.1 Å². The van der Waals surface area contributed by atoms with E-state index in [9.17, 15) is 4.79 Å². The van der Waals surface area contributed by atoms with Crippen LogP contribution in [0.4, 0.5) is 5.69 Å². The number of hydrogen-bond donors (Lipinski definition) is 1. The van der Waals surface area contributed by atoms with Crippen molar-refractivity contribution in [1.29, 1.82) is 0 Å². The quantitative estimate of drug-likeness (QED) is 0.496. The van der Waals surface area contributed by atoms with Crippen molar-refractivity contribution in [1.82, 2.24) is 0 Å². The van der Waals surface area contributed by atoms with Gasteiger partial charge >= 0.3 is 5.97 Å². The molecule has 0 saturated heterocycles. The third-order valence-corrected chi connectivity index (χ3v) is 4.19. The highest BCUT2D eigenvalue weighted by Gasteiger charge is 2.10. The van der Waals surface area contributed by atoms with Gasteiger partial charge in [0.05, 0.1) is 12.7 Å². The summed E-state index contributed by atoms with van der Waals surface area (Å²) in [5.74, 6) is -0.414. The van der Waals surface area contributed by atoms with Crippen molar-refractivity contribution in [2.24, 2.45) is 0 Å². The van der Waals surface area contributed by atoms with E-state index in [1.165, 1.54) is 10.7 Å². The minimum Gasteiger partial charge on any atom is -0.465 e. The van der Waals surface area contributed by atoms with Gasteiger partial charge in [0.1, 0.15) is 0 Å². The summed E-state index contributed by atoms with van der Waals surface area (Å²) < 4.78 is 5.86. The molecule has 5 heteroatoms. The van der Waals surface area contributed by atoms with E-state index in [4.69, 9.17) is 5.73 Å². The Labute approximate surface area is 129 Å². The third kappa shape index (κ3) is 3.63. The Hall–Kier alpha value is -1.21. The van der Waals surface area contributed by atoms with Gasteiger partial charge in [-0.15, -0.1) is 0 Å². The van der Waals surface area contributed by atoms with E-state index >= 15 is 0 Å². The SMILES string of the molecule is COC(=O)c1ccc(Sc2ccc(I)cc2)cc1N. The minimum absolute atomic E-state index is 0.398. The topological polar surface area (TPSA) is 52.3 Å². The average Bonchev–Trinajstić information content (AvgIpc) is 2.41. The van der Waals surface area contributed by atoms with Crippen LogP contribution in [0.15, 0.2) is 52.3 Å². The molecule has 0 atom stereocenters. The van der Waals surface area contributed by atoms with Crippen molar-refractivity contribution in [2.45, 2.75) is 9.79 Å². The number of carbonyl (C=O) groups is 1. The van der Waals surface area contributed by atoms with E-state index in [0.717, 1.165) is 9.79 Å². The first-order valence-corrected chi connectivity index (χ1v) is 7.41. The molecule has 0 fully saturated rings. The van der Waals surface area contributed by atoms with E-state index in [1.54, 1.807) is 23.9 Å². The van der Waals surface area contributed by atoms with E-state index in [-0.39, 0.29) is 0 Å². The number of anilines is 1. The summed E-state index contributed by atoms with van der Waals surface area (Å²) in [4.78, 5) is 13.6. The molecule has 0 bridgehead atoms. The zero-order chi connectivity index (χ0) is 13.8. The van der Waals surface area contributed by atoms with E-state index in [2.05, 4.69) is 51.6 Å². The molecule has 98 valence electrons. The molecular formula is C14H12INO2S. The van der Waals surface area contributed by atoms with Gasteiger partial charge in [0, 0.05) is 19.0 Å². The molecule has 2 aromatic carbocycles. The monoisotopic (exact) mass is 385 g/mol. The Morgan fingerprint density at radius 1 is 1.16 bits per heavy atom. The predicted octanol–water partition coefficient (Wildman–Crippen LogP) is 3.81. The highest BCUT2D eigenvalue weighted by atomic mass is 127. The molecule has 0 aliphatic carbocycles. The number of hydrogen-bond acceptors (Lipinski definition) is 4. The van der Waals surface area contributed by atoms with Gasteiger partial charge in [-0.3, -0.25) is 0 Å². The van der Waals surface area contributed by atoms with Crippen LogP contribution in [0, 0.1) is 3.57 Å². The van der Waals surface area contributed by atoms with Crippen LogP contribution < -0.4 is 5.73 Å². The fourth-order valence-corrected chi connectivity index (χ4v) is 2.76. The van der Waals surface area contributed by atoms with E-state index in [0.29, 0.717) is 11.3 Å². The van der Waals surface area contributed by atoms with Crippen molar-refractivity contribution < 1.29 is 9.53 Å². The summed E-state index contributed by atoms with van der Waals surface area (Å²) in [6, 6.07) is 13.5. The Bertz CT molecular complexity index is 599. The molecule has 0 heterocycles. The molecule has 2 rings (SSSR count). The van der Waals surface area contributed by atoms with Gasteiger partial charge in [0.2, 0.25) is 0 Å². The number of halogens is 1. The van der Waals surface area contributed by atoms with Gasteiger partial charge in [0.25, 0.3) is 0 Å². The first-order valence-electron chi connectivity index (χ1n) is 5.51. The van der Waals surface area contributed by atoms with Crippen molar-refractivity contribution in [3.05, 3.63) is 51.6 Å². The molecule has 0 saturated carbocycles. The Kier molecular flexibility index (Phi) is 4.71. The lowest BCUT2D eigenvalue weighted by Gasteiger charge is -2.07. The lowest BCUT2D eigenvalue weighted by molar-refractivity contribution is 0.0602. The van der Waals surface area contributed by atoms with Crippen molar-refractivity contribution in [2.75, 3.05) is 12.8 Å². The molecule has 0 radical (unpaired) electrons. The lowest BCUT2D eigenvalue weighted by Crippen LogP contribution is -2.05. The van der Waals surface area contributed by atoms with Crippen molar-refractivity contribution in [3.8, 4) is 0 Å². The molecule has 3 nitrogen and oxygen atoms in total. The van der Waals surface area contributed by atoms with Crippen molar-refractivity contribution in [3.63, 3.8) is 0 Å². The molecule has 0 aliphatic heterocycles. The van der Waals surface area contributed by atoms with E-state index in [1.807, 2.05) is 6.07 Å². The number of nitrogens with two attached hydrogens (primary N) is 1. The smallest absolute Gasteiger partial charge is 0.339 e. The molecular weight excluding hydrogens is 373 g/mol. The van der Waals surface area contributed by atoms with E-state index < -0.39 is 5.97 Å². The summed E-state index contributed by atoms with van der Waals surface area (Å²) in [6.45, 7) is 0. The van der Waals surface area contributed by atoms with Gasteiger partial charge in [-0.1, -0.05) is 11.8 Å². The standard InChI is InChI=1S/C14H12INO2S/c1-18-14(17)12-7-6-11(8-13(12)16)19-10-4-2-9(15)3-5-10/h2-8H,16H2,1H3. The second-order valence-corrected chi connectivity index (χ2v) is 6.19. The van der Waals surface area contributed by atoms with Gasteiger partial charge in [0.15, 0.2) is 0 Å². The molecule has 19 heavy (non-hydrogen) atoms. The van der Waals surface area contributed by atoms with Crippen LogP contribution in [0.2, 0.25) is 0 Å². The number of carbonyl (C=O) groups excluding carboxylic acids is 1. The number of rotatable bonds is 3. The maximum absolute atomic E-state index is 11.4. The second kappa shape index (κ2) is 6.29. The van der Waals surface area contributed by atoms with Crippen LogP contribution in [0.1, 0.15) is 10.4 Å². The summed E-state index contributed by atoms with van der Waals surface area (Å²) in [5, 5.41) is 0. The summed E-state index contributed by atoms with van der Waals surface area (Å²) >= 11 is 3.87. The summed E-state index contributed by atoms with van der Waals surface area (Å²) in [6.07, 6.45) is 0. The van der Waals surface area contributed by atoms with Gasteiger partial charge < -0.3 is 10.5 Å². The zero-order valence-electron chi connectivity index (χ0n) is 10.2. The highest BCUT2D eigenvalue weighted by Crippen LogP contribution is 2.30. The van der Waals surface area contributed by atoms with Crippen LogP contribution in [0.25, 0.3) is 0 Å². The number of benzene rings is 2. The fourth-order valence-electron chi connectivity index (χ4n) is 1.54. The predicted molar refractivity (Wildman–Crippen MR) is 85.5 cm³/mol. The van der Waals surface area contributed by atoms with Crippen molar-refractivity contribution >= 4 is 46.0 Å². The molecule has 2 aromatic rings. The minimum atomic E-state index is -0.414. The fraction of sp³-hybridized carbons (Fsp3) is 0.0714. The lowest BCUT2D eigenvalue weighted by atomic mass is 10.2. The zero-order valence-corrected chi connectivity index (χ0v) is 13.2. The molecule has 0 unspecified atom stereocenters. The van der Waals surface area contributed by atoms with Crippen LogP contribution >= 0.6 is 34.4 Å². The molecule has 0 spiro atoms. The molecule has 0 aromatic heterocycles. The molecule has 0 amide bonds. The Morgan fingerprint density at radius 3 is 2.37 bits per heavy atom. The summed E-state index contributed by atoms with van der Waals surface area (Å²) in [7, 11) is 1.34. The third-order valence-electron chi connectivity index (χ3n) is 2.48. The first kappa shape index (κ1) is 14.2. The Balaban J connectivity index is 2.20. The number of nitrogen functional groups attached to an aromatic ring is 1.